The highest BCUT2D eigenvalue weighted by atomic mass is 16.1. The van der Waals surface area contributed by atoms with Crippen molar-refractivity contribution in [3.63, 3.8) is 0 Å². The molecule has 0 fully saturated rings. The van der Waals surface area contributed by atoms with Crippen LogP contribution in [0.1, 0.15) is 42.9 Å². The zero-order valence-corrected chi connectivity index (χ0v) is 16.2. The topological polar surface area (TPSA) is 64.2 Å². The maximum Gasteiger partial charge on any atom is 0.224 e. The molecular weight excluding hydrogens is 326 g/mol. The SMILES string of the molecule is Cc1cn2cc(NC(=O)CCc3c(C)nn(CC(C)C)c3C)ccc2n1. The number of aromatic nitrogens is 4. The number of aryl methyl sites for hydroxylation is 2. The van der Waals surface area contributed by atoms with E-state index in [2.05, 4.69) is 40.9 Å². The molecule has 6 nitrogen and oxygen atoms in total. The Hall–Kier alpha value is -2.63. The van der Waals surface area contributed by atoms with Gasteiger partial charge in [-0.05, 0) is 50.8 Å². The van der Waals surface area contributed by atoms with Crippen molar-refractivity contribution >= 4 is 17.2 Å². The lowest BCUT2D eigenvalue weighted by molar-refractivity contribution is -0.116. The Balaban J connectivity index is 1.64. The van der Waals surface area contributed by atoms with Crippen molar-refractivity contribution < 1.29 is 4.79 Å². The van der Waals surface area contributed by atoms with Gasteiger partial charge in [0, 0.05) is 31.1 Å². The summed E-state index contributed by atoms with van der Waals surface area (Å²) >= 11 is 0. The summed E-state index contributed by atoms with van der Waals surface area (Å²) in [5.41, 5.74) is 5.98. The van der Waals surface area contributed by atoms with E-state index in [4.69, 9.17) is 0 Å². The molecule has 3 rings (SSSR count). The van der Waals surface area contributed by atoms with Crippen LogP contribution < -0.4 is 5.32 Å². The maximum atomic E-state index is 12.4. The summed E-state index contributed by atoms with van der Waals surface area (Å²) in [5, 5.41) is 7.60. The van der Waals surface area contributed by atoms with Crippen molar-refractivity contribution in [1.29, 1.82) is 0 Å². The summed E-state index contributed by atoms with van der Waals surface area (Å²) in [4.78, 5) is 16.8. The van der Waals surface area contributed by atoms with E-state index in [0.29, 0.717) is 18.8 Å². The number of nitrogens with zero attached hydrogens (tertiary/aromatic N) is 4. The fourth-order valence-electron chi connectivity index (χ4n) is 3.27. The highest BCUT2D eigenvalue weighted by Crippen LogP contribution is 2.17. The molecule has 3 aromatic rings. The van der Waals surface area contributed by atoms with Crippen molar-refractivity contribution in [3.8, 4) is 0 Å². The molecule has 0 aliphatic rings. The van der Waals surface area contributed by atoms with Gasteiger partial charge in [0.2, 0.25) is 5.91 Å². The third-order valence-electron chi connectivity index (χ3n) is 4.53. The molecule has 0 spiro atoms. The number of amides is 1. The number of carbonyl (C=O) groups excluding carboxylic acids is 1. The number of hydrogen-bond donors (Lipinski definition) is 1. The zero-order valence-electron chi connectivity index (χ0n) is 16.2. The van der Waals surface area contributed by atoms with Gasteiger partial charge in [0.05, 0.1) is 17.1 Å². The van der Waals surface area contributed by atoms with Gasteiger partial charge in [-0.1, -0.05) is 13.8 Å². The number of hydrogen-bond acceptors (Lipinski definition) is 3. The van der Waals surface area contributed by atoms with Crippen LogP contribution in [-0.4, -0.2) is 25.1 Å². The summed E-state index contributed by atoms with van der Waals surface area (Å²) < 4.78 is 3.98. The molecule has 0 radical (unpaired) electrons. The molecule has 3 aromatic heterocycles. The lowest BCUT2D eigenvalue weighted by atomic mass is 10.1. The van der Waals surface area contributed by atoms with Crippen molar-refractivity contribution in [2.24, 2.45) is 5.92 Å². The molecule has 0 saturated heterocycles. The monoisotopic (exact) mass is 353 g/mol. The maximum absolute atomic E-state index is 12.4. The second-order valence-electron chi connectivity index (χ2n) is 7.34. The highest BCUT2D eigenvalue weighted by Gasteiger charge is 2.14. The van der Waals surface area contributed by atoms with E-state index in [0.717, 1.165) is 29.3 Å². The second kappa shape index (κ2) is 7.32. The van der Waals surface area contributed by atoms with E-state index in [-0.39, 0.29) is 5.91 Å². The Morgan fingerprint density at radius 3 is 2.69 bits per heavy atom. The quantitative estimate of drug-likeness (QED) is 0.735. The molecule has 26 heavy (non-hydrogen) atoms. The molecule has 138 valence electrons. The van der Waals surface area contributed by atoms with E-state index in [9.17, 15) is 4.79 Å². The van der Waals surface area contributed by atoms with E-state index in [1.54, 1.807) is 0 Å². The molecule has 0 aromatic carbocycles. The Kier molecular flexibility index (Phi) is 5.11. The Morgan fingerprint density at radius 1 is 1.19 bits per heavy atom. The molecule has 0 bridgehead atoms. The van der Waals surface area contributed by atoms with Crippen LogP contribution in [0.3, 0.4) is 0 Å². The fraction of sp³-hybridized carbons (Fsp3) is 0.450. The zero-order chi connectivity index (χ0) is 18.8. The first-order valence-corrected chi connectivity index (χ1v) is 9.11. The minimum Gasteiger partial charge on any atom is -0.325 e. The minimum absolute atomic E-state index is 0.0107. The summed E-state index contributed by atoms with van der Waals surface area (Å²) in [6, 6.07) is 3.80. The van der Waals surface area contributed by atoms with Crippen LogP contribution in [-0.2, 0) is 17.8 Å². The van der Waals surface area contributed by atoms with Gasteiger partial charge < -0.3 is 9.72 Å². The van der Waals surface area contributed by atoms with Gasteiger partial charge in [0.25, 0.3) is 0 Å². The van der Waals surface area contributed by atoms with Crippen LogP contribution in [0.25, 0.3) is 5.65 Å². The molecule has 6 heteroatoms. The van der Waals surface area contributed by atoms with Crippen LogP contribution in [0.15, 0.2) is 24.5 Å². The normalized spacial score (nSPS) is 11.5. The third-order valence-corrected chi connectivity index (χ3v) is 4.53. The summed E-state index contributed by atoms with van der Waals surface area (Å²) in [6.07, 6.45) is 4.98. The number of anilines is 1. The first-order chi connectivity index (χ1) is 12.3. The van der Waals surface area contributed by atoms with Crippen molar-refractivity contribution in [1.82, 2.24) is 19.2 Å². The molecule has 0 saturated carbocycles. The Labute approximate surface area is 154 Å². The summed E-state index contributed by atoms with van der Waals surface area (Å²) in [5.74, 6) is 0.558. The minimum atomic E-state index is 0.0107. The van der Waals surface area contributed by atoms with Gasteiger partial charge in [-0.25, -0.2) is 4.98 Å². The second-order valence-corrected chi connectivity index (χ2v) is 7.34. The van der Waals surface area contributed by atoms with Crippen molar-refractivity contribution in [2.45, 2.75) is 54.0 Å². The number of fused-ring (bicyclic) bond motifs is 1. The first kappa shape index (κ1) is 18.2. The molecule has 0 aliphatic heterocycles. The summed E-state index contributed by atoms with van der Waals surface area (Å²) in [6.45, 7) is 11.3. The largest absolute Gasteiger partial charge is 0.325 e. The van der Waals surface area contributed by atoms with Crippen molar-refractivity contribution in [2.75, 3.05) is 5.32 Å². The van der Waals surface area contributed by atoms with Crippen LogP contribution in [0.5, 0.6) is 0 Å². The van der Waals surface area contributed by atoms with E-state index in [1.807, 2.05) is 42.8 Å². The van der Waals surface area contributed by atoms with Gasteiger partial charge in [-0.2, -0.15) is 5.10 Å². The lowest BCUT2D eigenvalue weighted by Crippen LogP contribution is -2.13. The molecule has 1 N–H and O–H groups in total. The smallest absolute Gasteiger partial charge is 0.224 e. The number of rotatable bonds is 6. The third kappa shape index (κ3) is 3.95. The average molecular weight is 353 g/mol. The van der Waals surface area contributed by atoms with Gasteiger partial charge >= 0.3 is 0 Å². The number of imidazole rings is 1. The van der Waals surface area contributed by atoms with E-state index in [1.165, 1.54) is 11.3 Å². The first-order valence-electron chi connectivity index (χ1n) is 9.11. The lowest BCUT2D eigenvalue weighted by Gasteiger charge is -2.08. The molecule has 3 heterocycles. The van der Waals surface area contributed by atoms with E-state index < -0.39 is 0 Å². The summed E-state index contributed by atoms with van der Waals surface area (Å²) in [7, 11) is 0. The van der Waals surface area contributed by atoms with Crippen LogP contribution in [0.4, 0.5) is 5.69 Å². The van der Waals surface area contributed by atoms with Crippen LogP contribution in [0.2, 0.25) is 0 Å². The average Bonchev–Trinajstić information content (AvgIpc) is 3.04. The molecule has 0 atom stereocenters. The van der Waals surface area contributed by atoms with E-state index >= 15 is 0 Å². The number of pyridine rings is 1. The molecule has 0 aliphatic carbocycles. The molecule has 1 amide bonds. The number of carbonyl (C=O) groups is 1. The van der Waals surface area contributed by atoms with Gasteiger partial charge in [0.1, 0.15) is 5.65 Å². The van der Waals surface area contributed by atoms with Gasteiger partial charge in [-0.3, -0.25) is 9.48 Å². The Bertz CT molecular complexity index is 935. The fourth-order valence-corrected chi connectivity index (χ4v) is 3.27. The Morgan fingerprint density at radius 2 is 1.96 bits per heavy atom. The molecular formula is C20H27N5O. The molecule has 0 unspecified atom stereocenters. The predicted molar refractivity (Wildman–Crippen MR) is 103 cm³/mol. The van der Waals surface area contributed by atoms with Gasteiger partial charge in [0.15, 0.2) is 0 Å². The standard InChI is InChI=1S/C20H27N5O/c1-13(2)10-25-16(5)18(15(4)23-25)7-9-20(26)22-17-6-8-19-21-14(3)11-24(19)12-17/h6,8,11-13H,7,9-10H2,1-5H3,(H,22,26). The number of nitrogens with one attached hydrogen (secondary N) is 1. The van der Waals surface area contributed by atoms with Crippen LogP contribution in [0, 0.1) is 26.7 Å². The van der Waals surface area contributed by atoms with Gasteiger partial charge in [-0.15, -0.1) is 0 Å². The highest BCUT2D eigenvalue weighted by molar-refractivity contribution is 5.90. The van der Waals surface area contributed by atoms with Crippen molar-refractivity contribution in [3.05, 3.63) is 47.2 Å². The van der Waals surface area contributed by atoms with Crippen LogP contribution >= 0.6 is 0 Å². The predicted octanol–water partition coefficient (Wildman–Crippen LogP) is 3.68.